The fourth-order valence-corrected chi connectivity index (χ4v) is 2.94. The molecule has 2 aromatic rings. The molecule has 5 nitrogen and oxygen atoms in total. The molecule has 1 aliphatic rings. The fourth-order valence-electron chi connectivity index (χ4n) is 2.94. The van der Waals surface area contributed by atoms with Gasteiger partial charge in [0.15, 0.2) is 0 Å². The summed E-state index contributed by atoms with van der Waals surface area (Å²) in [6.45, 7) is 4.00. The van der Waals surface area contributed by atoms with E-state index in [9.17, 15) is 9.59 Å². The normalized spacial score (nSPS) is 16.0. The van der Waals surface area contributed by atoms with Crippen LogP contribution in [0.2, 0.25) is 0 Å². The van der Waals surface area contributed by atoms with E-state index >= 15 is 0 Å². The van der Waals surface area contributed by atoms with Gasteiger partial charge in [0.25, 0.3) is 5.91 Å². The highest BCUT2D eigenvalue weighted by atomic mass is 16.5. The smallest absolute Gasteiger partial charge is 0.270 e. The molecule has 0 aromatic heterocycles. The number of fused-ring (bicyclic) bond motifs is 1. The quantitative estimate of drug-likeness (QED) is 0.861. The molecule has 2 amide bonds. The Labute approximate surface area is 147 Å². The maximum atomic E-state index is 12.4. The van der Waals surface area contributed by atoms with Crippen LogP contribution in [0.3, 0.4) is 0 Å². The van der Waals surface area contributed by atoms with E-state index in [1.807, 2.05) is 44.2 Å². The summed E-state index contributed by atoms with van der Waals surface area (Å²) in [7, 11) is 0. The van der Waals surface area contributed by atoms with Crippen molar-refractivity contribution in [2.24, 2.45) is 5.92 Å². The van der Waals surface area contributed by atoms with Crippen molar-refractivity contribution in [2.75, 3.05) is 10.6 Å². The molecule has 0 fully saturated rings. The Morgan fingerprint density at radius 2 is 1.88 bits per heavy atom. The molecular weight excluding hydrogens is 316 g/mol. The summed E-state index contributed by atoms with van der Waals surface area (Å²) in [6.07, 6.45) is 0.927. The van der Waals surface area contributed by atoms with Gasteiger partial charge in [0.2, 0.25) is 12.0 Å². The number of rotatable bonds is 5. The van der Waals surface area contributed by atoms with Gasteiger partial charge in [0, 0.05) is 17.2 Å². The van der Waals surface area contributed by atoms with E-state index in [-0.39, 0.29) is 17.7 Å². The number of hydrogen-bond acceptors (Lipinski definition) is 3. The summed E-state index contributed by atoms with van der Waals surface area (Å²) in [6, 6.07) is 14.7. The standard InChI is InChI=1S/C20H22N2O3/c1-3-13(4-2)19(23)21-15-10-11-17-16(12-15)22-20(24)18(25-17)14-8-6-5-7-9-14/h5-13,18H,3-4H2,1-2H3,(H,21,23)(H,22,24). The molecule has 1 atom stereocenters. The number of amides is 2. The van der Waals surface area contributed by atoms with Crippen LogP contribution in [0.15, 0.2) is 48.5 Å². The molecule has 130 valence electrons. The largest absolute Gasteiger partial charge is 0.474 e. The van der Waals surface area contributed by atoms with Gasteiger partial charge in [-0.2, -0.15) is 0 Å². The maximum Gasteiger partial charge on any atom is 0.270 e. The molecule has 2 aromatic carbocycles. The number of carbonyl (C=O) groups excluding carboxylic acids is 2. The summed E-state index contributed by atoms with van der Waals surface area (Å²) < 4.78 is 5.86. The molecule has 1 aliphatic heterocycles. The lowest BCUT2D eigenvalue weighted by Crippen LogP contribution is -2.30. The van der Waals surface area contributed by atoms with Gasteiger partial charge in [-0.05, 0) is 31.0 Å². The topological polar surface area (TPSA) is 67.4 Å². The first-order valence-corrected chi connectivity index (χ1v) is 8.59. The third-order valence-corrected chi connectivity index (χ3v) is 4.45. The molecule has 0 spiro atoms. The van der Waals surface area contributed by atoms with E-state index in [2.05, 4.69) is 10.6 Å². The molecule has 25 heavy (non-hydrogen) atoms. The lowest BCUT2D eigenvalue weighted by molar-refractivity contribution is -0.123. The Morgan fingerprint density at radius 1 is 1.16 bits per heavy atom. The van der Waals surface area contributed by atoms with Crippen molar-refractivity contribution in [1.29, 1.82) is 0 Å². The van der Waals surface area contributed by atoms with Gasteiger partial charge in [-0.1, -0.05) is 44.2 Å². The van der Waals surface area contributed by atoms with Gasteiger partial charge in [-0.15, -0.1) is 0 Å². The second-order valence-corrected chi connectivity index (χ2v) is 6.11. The predicted molar refractivity (Wildman–Crippen MR) is 97.6 cm³/mol. The third kappa shape index (κ3) is 3.65. The highest BCUT2D eigenvalue weighted by Crippen LogP contribution is 2.36. The number of hydrogen-bond donors (Lipinski definition) is 2. The second kappa shape index (κ2) is 7.38. The van der Waals surface area contributed by atoms with Gasteiger partial charge in [-0.3, -0.25) is 9.59 Å². The molecule has 0 aliphatic carbocycles. The van der Waals surface area contributed by atoms with Crippen LogP contribution in [0, 0.1) is 5.92 Å². The lowest BCUT2D eigenvalue weighted by atomic mass is 10.0. The third-order valence-electron chi connectivity index (χ3n) is 4.45. The van der Waals surface area contributed by atoms with Crippen molar-refractivity contribution in [2.45, 2.75) is 32.8 Å². The molecule has 2 N–H and O–H groups in total. The van der Waals surface area contributed by atoms with Crippen molar-refractivity contribution in [3.05, 3.63) is 54.1 Å². The fraction of sp³-hybridized carbons (Fsp3) is 0.300. The number of nitrogens with one attached hydrogen (secondary N) is 2. The number of carbonyl (C=O) groups is 2. The average molecular weight is 338 g/mol. The summed E-state index contributed by atoms with van der Waals surface area (Å²) in [4.78, 5) is 24.6. The van der Waals surface area contributed by atoms with Gasteiger partial charge in [-0.25, -0.2) is 0 Å². The van der Waals surface area contributed by atoms with Crippen molar-refractivity contribution in [3.8, 4) is 5.75 Å². The SMILES string of the molecule is CCC(CC)C(=O)Nc1ccc2c(c1)NC(=O)C(c1ccccc1)O2. The van der Waals surface area contributed by atoms with Crippen molar-refractivity contribution in [1.82, 2.24) is 0 Å². The summed E-state index contributed by atoms with van der Waals surface area (Å²) in [5.74, 6) is 0.357. The van der Waals surface area contributed by atoms with Crippen LogP contribution in [-0.4, -0.2) is 11.8 Å². The van der Waals surface area contributed by atoms with Crippen molar-refractivity contribution < 1.29 is 14.3 Å². The second-order valence-electron chi connectivity index (χ2n) is 6.11. The van der Waals surface area contributed by atoms with Crippen LogP contribution >= 0.6 is 0 Å². The predicted octanol–water partition coefficient (Wildman–Crippen LogP) is 4.13. The van der Waals surface area contributed by atoms with Gasteiger partial charge in [0.05, 0.1) is 5.69 Å². The van der Waals surface area contributed by atoms with Crippen LogP contribution in [0.5, 0.6) is 5.75 Å². The van der Waals surface area contributed by atoms with Crippen LogP contribution in [-0.2, 0) is 9.59 Å². The minimum absolute atomic E-state index is 0.00448. The molecule has 0 saturated heterocycles. The van der Waals surface area contributed by atoms with E-state index < -0.39 is 6.10 Å². The Kier molecular flexibility index (Phi) is 5.03. The average Bonchev–Trinajstić information content (AvgIpc) is 2.63. The summed E-state index contributed by atoms with van der Waals surface area (Å²) in [5.41, 5.74) is 2.02. The summed E-state index contributed by atoms with van der Waals surface area (Å²) >= 11 is 0. The van der Waals surface area contributed by atoms with E-state index in [1.165, 1.54) is 0 Å². The monoisotopic (exact) mass is 338 g/mol. The Morgan fingerprint density at radius 3 is 2.56 bits per heavy atom. The Hall–Kier alpha value is -2.82. The maximum absolute atomic E-state index is 12.4. The van der Waals surface area contributed by atoms with Crippen LogP contribution < -0.4 is 15.4 Å². The number of benzene rings is 2. The zero-order valence-corrected chi connectivity index (χ0v) is 14.4. The van der Waals surface area contributed by atoms with Crippen molar-refractivity contribution >= 4 is 23.2 Å². The molecular formula is C20H22N2O3. The molecule has 0 saturated carbocycles. The van der Waals surface area contributed by atoms with E-state index in [0.717, 1.165) is 18.4 Å². The van der Waals surface area contributed by atoms with E-state index in [0.29, 0.717) is 17.1 Å². The highest BCUT2D eigenvalue weighted by molar-refractivity contribution is 6.00. The van der Waals surface area contributed by atoms with E-state index in [4.69, 9.17) is 4.74 Å². The number of ether oxygens (including phenoxy) is 1. The minimum atomic E-state index is -0.668. The van der Waals surface area contributed by atoms with Crippen LogP contribution in [0.4, 0.5) is 11.4 Å². The van der Waals surface area contributed by atoms with Crippen LogP contribution in [0.1, 0.15) is 38.4 Å². The number of anilines is 2. The minimum Gasteiger partial charge on any atom is -0.474 e. The molecule has 3 rings (SSSR count). The Bertz CT molecular complexity index is 770. The molecule has 0 radical (unpaired) electrons. The first-order valence-electron chi connectivity index (χ1n) is 8.59. The highest BCUT2D eigenvalue weighted by Gasteiger charge is 2.29. The van der Waals surface area contributed by atoms with Crippen LogP contribution in [0.25, 0.3) is 0 Å². The van der Waals surface area contributed by atoms with Gasteiger partial charge < -0.3 is 15.4 Å². The lowest BCUT2D eigenvalue weighted by Gasteiger charge is -2.26. The molecule has 5 heteroatoms. The molecule has 1 heterocycles. The summed E-state index contributed by atoms with van der Waals surface area (Å²) in [5, 5.41) is 5.77. The van der Waals surface area contributed by atoms with Crippen molar-refractivity contribution in [3.63, 3.8) is 0 Å². The molecule has 0 bridgehead atoms. The van der Waals surface area contributed by atoms with Gasteiger partial charge in [0.1, 0.15) is 5.75 Å². The zero-order chi connectivity index (χ0) is 17.8. The van der Waals surface area contributed by atoms with E-state index in [1.54, 1.807) is 18.2 Å². The zero-order valence-electron chi connectivity index (χ0n) is 14.4. The first kappa shape index (κ1) is 17.0. The first-order chi connectivity index (χ1) is 12.1. The Balaban J connectivity index is 1.78. The van der Waals surface area contributed by atoms with Gasteiger partial charge >= 0.3 is 0 Å². The molecule has 1 unspecified atom stereocenters.